The second-order valence-corrected chi connectivity index (χ2v) is 8.21. The highest BCUT2D eigenvalue weighted by molar-refractivity contribution is 5.94. The standard InChI is InChI=1S/C26H37N3O4/c1-3-31-25-21-22(11-12-24(25)33-20-19-32-23-9-5-4-6-10-23)26(30)27-13-7-8-14-29-17-15-28(2)16-18-29/h4-6,9-12,21H,3,7-8,13-20H2,1-2H3,(H,27,30). The molecule has 0 saturated carbocycles. The number of ether oxygens (including phenoxy) is 3. The molecule has 0 spiro atoms. The van der Waals surface area contributed by atoms with Crippen LogP contribution in [0.4, 0.5) is 0 Å². The maximum absolute atomic E-state index is 12.6. The van der Waals surface area contributed by atoms with Crippen molar-refractivity contribution in [2.24, 2.45) is 0 Å². The molecule has 3 rings (SSSR count). The van der Waals surface area contributed by atoms with E-state index in [-0.39, 0.29) is 5.91 Å². The van der Waals surface area contributed by atoms with Gasteiger partial charge in [0.05, 0.1) is 6.61 Å². The Balaban J connectivity index is 1.39. The number of benzene rings is 2. The normalized spacial score (nSPS) is 14.6. The summed E-state index contributed by atoms with van der Waals surface area (Å²) in [5, 5.41) is 3.02. The number of hydrogen-bond acceptors (Lipinski definition) is 6. The van der Waals surface area contributed by atoms with E-state index in [0.29, 0.717) is 43.4 Å². The van der Waals surface area contributed by atoms with Gasteiger partial charge in [-0.15, -0.1) is 0 Å². The fraction of sp³-hybridized carbons (Fsp3) is 0.500. The molecular formula is C26H37N3O4. The third-order valence-electron chi connectivity index (χ3n) is 5.64. The van der Waals surface area contributed by atoms with Gasteiger partial charge in [0.15, 0.2) is 11.5 Å². The first kappa shape index (κ1) is 24.9. The van der Waals surface area contributed by atoms with Crippen LogP contribution in [0, 0.1) is 0 Å². The van der Waals surface area contributed by atoms with Crippen molar-refractivity contribution in [1.82, 2.24) is 15.1 Å². The predicted octanol–water partition coefficient (Wildman–Crippen LogP) is 3.30. The highest BCUT2D eigenvalue weighted by atomic mass is 16.5. The second-order valence-electron chi connectivity index (χ2n) is 8.21. The molecule has 1 saturated heterocycles. The van der Waals surface area contributed by atoms with E-state index in [2.05, 4.69) is 22.2 Å². The summed E-state index contributed by atoms with van der Waals surface area (Å²) in [6.45, 7) is 9.52. The number of rotatable bonds is 13. The summed E-state index contributed by atoms with van der Waals surface area (Å²) in [6, 6.07) is 14.9. The topological polar surface area (TPSA) is 63.3 Å². The molecule has 0 aliphatic carbocycles. The van der Waals surface area contributed by atoms with Crippen LogP contribution in [0.15, 0.2) is 48.5 Å². The molecule has 1 fully saturated rings. The lowest BCUT2D eigenvalue weighted by Gasteiger charge is -2.32. The van der Waals surface area contributed by atoms with E-state index < -0.39 is 0 Å². The Kier molecular flexibility index (Phi) is 10.3. The lowest BCUT2D eigenvalue weighted by Crippen LogP contribution is -2.44. The molecule has 0 radical (unpaired) electrons. The average molecular weight is 456 g/mol. The molecule has 1 aliphatic heterocycles. The van der Waals surface area contributed by atoms with Gasteiger partial charge in [-0.05, 0) is 63.7 Å². The van der Waals surface area contributed by atoms with Crippen LogP contribution in [0.3, 0.4) is 0 Å². The molecule has 7 heteroatoms. The number of carbonyl (C=O) groups excluding carboxylic acids is 1. The lowest BCUT2D eigenvalue weighted by molar-refractivity contribution is 0.0951. The average Bonchev–Trinajstić information content (AvgIpc) is 2.84. The monoisotopic (exact) mass is 455 g/mol. The van der Waals surface area contributed by atoms with E-state index in [1.54, 1.807) is 18.2 Å². The minimum absolute atomic E-state index is 0.0884. The van der Waals surface area contributed by atoms with E-state index in [9.17, 15) is 4.79 Å². The summed E-state index contributed by atoms with van der Waals surface area (Å²) in [4.78, 5) is 17.5. The van der Waals surface area contributed by atoms with Crippen LogP contribution in [0.2, 0.25) is 0 Å². The highest BCUT2D eigenvalue weighted by Gasteiger charge is 2.14. The van der Waals surface area contributed by atoms with Crippen LogP contribution in [0.25, 0.3) is 0 Å². The number of piperazine rings is 1. The van der Waals surface area contributed by atoms with Gasteiger partial charge in [0.25, 0.3) is 5.91 Å². The van der Waals surface area contributed by atoms with E-state index in [0.717, 1.165) is 51.3 Å². The lowest BCUT2D eigenvalue weighted by atomic mass is 10.2. The summed E-state index contributed by atoms with van der Waals surface area (Å²) in [7, 11) is 2.17. The zero-order chi connectivity index (χ0) is 23.3. The number of carbonyl (C=O) groups is 1. The summed E-state index contributed by atoms with van der Waals surface area (Å²) in [6.07, 6.45) is 2.06. The number of nitrogens with zero attached hydrogens (tertiary/aromatic N) is 2. The number of hydrogen-bond donors (Lipinski definition) is 1. The van der Waals surface area contributed by atoms with Crippen molar-refractivity contribution in [2.45, 2.75) is 19.8 Å². The first-order chi connectivity index (χ1) is 16.2. The molecule has 0 aromatic heterocycles. The molecule has 0 bridgehead atoms. The minimum atomic E-state index is -0.0884. The smallest absolute Gasteiger partial charge is 0.251 e. The summed E-state index contributed by atoms with van der Waals surface area (Å²) >= 11 is 0. The van der Waals surface area contributed by atoms with Crippen LogP contribution in [0.1, 0.15) is 30.1 Å². The Morgan fingerprint density at radius 3 is 2.42 bits per heavy atom. The van der Waals surface area contributed by atoms with Crippen molar-refractivity contribution in [3.8, 4) is 17.2 Å². The molecule has 0 atom stereocenters. The molecule has 7 nitrogen and oxygen atoms in total. The maximum Gasteiger partial charge on any atom is 0.251 e. The maximum atomic E-state index is 12.6. The van der Waals surface area contributed by atoms with Crippen molar-refractivity contribution in [1.29, 1.82) is 0 Å². The fourth-order valence-electron chi connectivity index (χ4n) is 3.70. The first-order valence-corrected chi connectivity index (χ1v) is 11.9. The van der Waals surface area contributed by atoms with Crippen LogP contribution in [-0.4, -0.2) is 81.8 Å². The van der Waals surface area contributed by atoms with Crippen molar-refractivity contribution in [3.63, 3.8) is 0 Å². The molecule has 0 unspecified atom stereocenters. The van der Waals surface area contributed by atoms with Gasteiger partial charge in [0, 0.05) is 38.3 Å². The highest BCUT2D eigenvalue weighted by Crippen LogP contribution is 2.28. The molecule has 33 heavy (non-hydrogen) atoms. The van der Waals surface area contributed by atoms with Gasteiger partial charge in [-0.1, -0.05) is 18.2 Å². The number of nitrogens with one attached hydrogen (secondary N) is 1. The Morgan fingerprint density at radius 2 is 1.67 bits per heavy atom. The Labute approximate surface area is 197 Å². The summed E-state index contributed by atoms with van der Waals surface area (Å²) in [5.74, 6) is 1.90. The van der Waals surface area contributed by atoms with Crippen molar-refractivity contribution in [2.75, 3.05) is 66.1 Å². The van der Waals surface area contributed by atoms with Crippen LogP contribution >= 0.6 is 0 Å². The van der Waals surface area contributed by atoms with E-state index in [1.165, 1.54) is 0 Å². The van der Waals surface area contributed by atoms with E-state index in [4.69, 9.17) is 14.2 Å². The van der Waals surface area contributed by atoms with Crippen molar-refractivity contribution in [3.05, 3.63) is 54.1 Å². The number of unbranched alkanes of at least 4 members (excludes halogenated alkanes) is 1. The van der Waals surface area contributed by atoms with E-state index in [1.807, 2.05) is 37.3 Å². The van der Waals surface area contributed by atoms with Gasteiger partial charge < -0.3 is 29.3 Å². The first-order valence-electron chi connectivity index (χ1n) is 11.9. The molecule has 1 heterocycles. The van der Waals surface area contributed by atoms with Gasteiger partial charge in [0.2, 0.25) is 0 Å². The van der Waals surface area contributed by atoms with Crippen LogP contribution < -0.4 is 19.5 Å². The van der Waals surface area contributed by atoms with Crippen LogP contribution in [0.5, 0.6) is 17.2 Å². The molecule has 180 valence electrons. The van der Waals surface area contributed by atoms with Crippen molar-refractivity contribution >= 4 is 5.91 Å². The van der Waals surface area contributed by atoms with Gasteiger partial charge >= 0.3 is 0 Å². The second kappa shape index (κ2) is 13.7. The third-order valence-corrected chi connectivity index (χ3v) is 5.64. The van der Waals surface area contributed by atoms with Crippen LogP contribution in [-0.2, 0) is 0 Å². The zero-order valence-electron chi connectivity index (χ0n) is 19.9. The summed E-state index contributed by atoms with van der Waals surface area (Å²) in [5.41, 5.74) is 0.574. The fourth-order valence-corrected chi connectivity index (χ4v) is 3.70. The molecule has 2 aromatic rings. The quantitative estimate of drug-likeness (QED) is 0.468. The number of amides is 1. The molecule has 1 aliphatic rings. The molecule has 1 N–H and O–H groups in total. The molecule has 1 amide bonds. The predicted molar refractivity (Wildman–Crippen MR) is 131 cm³/mol. The SMILES string of the molecule is CCOc1cc(C(=O)NCCCCN2CCN(C)CC2)ccc1OCCOc1ccccc1. The Bertz CT molecular complexity index is 839. The largest absolute Gasteiger partial charge is 0.490 e. The third kappa shape index (κ3) is 8.59. The number of likely N-dealkylation sites (N-methyl/N-ethyl adjacent to an activating group) is 1. The number of para-hydroxylation sites is 1. The van der Waals surface area contributed by atoms with Gasteiger partial charge in [-0.25, -0.2) is 0 Å². The zero-order valence-corrected chi connectivity index (χ0v) is 19.9. The van der Waals surface area contributed by atoms with Gasteiger partial charge in [-0.2, -0.15) is 0 Å². The Hall–Kier alpha value is -2.77. The molecular weight excluding hydrogens is 418 g/mol. The van der Waals surface area contributed by atoms with Crippen molar-refractivity contribution < 1.29 is 19.0 Å². The van der Waals surface area contributed by atoms with Gasteiger partial charge in [0.1, 0.15) is 19.0 Å². The Morgan fingerprint density at radius 1 is 0.909 bits per heavy atom. The molecule has 2 aromatic carbocycles. The summed E-state index contributed by atoms with van der Waals surface area (Å²) < 4.78 is 17.2. The van der Waals surface area contributed by atoms with E-state index >= 15 is 0 Å². The minimum Gasteiger partial charge on any atom is -0.490 e. The van der Waals surface area contributed by atoms with Gasteiger partial charge in [-0.3, -0.25) is 4.79 Å².